The number of aliphatic carboxylic acids is 1. The predicted molar refractivity (Wildman–Crippen MR) is 112 cm³/mol. The van der Waals surface area contributed by atoms with E-state index >= 15 is 0 Å². The molecule has 182 valence electrons. The minimum atomic E-state index is -4.82. The Morgan fingerprint density at radius 1 is 0.906 bits per heavy atom. The molecule has 0 aromatic rings. The fraction of sp³-hybridized carbons (Fsp3) is 0.833. The molecule has 14 heteroatoms. The number of carboxylic acids is 1. The molecule has 0 saturated heterocycles. The van der Waals surface area contributed by atoms with E-state index in [0.717, 1.165) is 12.8 Å². The van der Waals surface area contributed by atoms with Gasteiger partial charge in [0.15, 0.2) is 0 Å². The Hall–Kier alpha value is 0.240. The summed E-state index contributed by atoms with van der Waals surface area (Å²) >= 11 is 0. The van der Waals surface area contributed by atoms with Crippen molar-refractivity contribution in [1.29, 1.82) is 0 Å². The van der Waals surface area contributed by atoms with Crippen LogP contribution < -0.4 is 81.4 Å². The molecule has 0 fully saturated rings. The maximum absolute atomic E-state index is 10.4. The van der Waals surface area contributed by atoms with Crippen LogP contribution in [-0.2, 0) is 24.5 Å². The van der Waals surface area contributed by atoms with Gasteiger partial charge < -0.3 is 33.6 Å². The Morgan fingerprint density at radius 2 is 1.28 bits per heavy atom. The van der Waals surface area contributed by atoms with Crippen molar-refractivity contribution in [1.82, 2.24) is 0 Å². The summed E-state index contributed by atoms with van der Waals surface area (Å²) in [5.41, 5.74) is 14.3. The van der Waals surface area contributed by atoms with Crippen LogP contribution in [0.3, 0.4) is 0 Å². The number of nitrogens with two attached hydrogens (primary N) is 3. The van der Waals surface area contributed by atoms with Crippen LogP contribution in [0.15, 0.2) is 0 Å². The van der Waals surface area contributed by atoms with E-state index in [0.29, 0.717) is 13.0 Å². The molecule has 1 unspecified atom stereocenters. The van der Waals surface area contributed by atoms with Crippen LogP contribution in [0, 0.1) is 0 Å². The number of carbonyl (C=O) groups is 3. The van der Waals surface area contributed by atoms with Crippen molar-refractivity contribution in [2.24, 2.45) is 17.2 Å². The predicted octanol–water partition coefficient (Wildman–Crippen LogP) is -6.68. The molecule has 0 aliphatic heterocycles. The summed E-state index contributed by atoms with van der Waals surface area (Å²) in [6.45, 7) is 2.71. The summed E-state index contributed by atoms with van der Waals surface area (Å²) in [7, 11) is -4.82. The van der Waals surface area contributed by atoms with Gasteiger partial charge in [-0.25, -0.2) is 0 Å². The summed E-state index contributed by atoms with van der Waals surface area (Å²) in [4.78, 5) is 30.6. The second-order valence-corrected chi connectivity index (χ2v) is 8.15. The van der Waals surface area contributed by atoms with E-state index in [9.17, 15) is 27.9 Å². The maximum atomic E-state index is 10.4. The van der Waals surface area contributed by atoms with Crippen LogP contribution in [-0.4, -0.2) is 54.3 Å². The summed E-state index contributed by atoms with van der Waals surface area (Å²) in [5.74, 6) is -3.37. The van der Waals surface area contributed by atoms with Gasteiger partial charge in [-0.15, -0.1) is 0 Å². The summed E-state index contributed by atoms with van der Waals surface area (Å²) < 4.78 is 28.7. The molecule has 0 aliphatic carbocycles. The molecule has 0 bridgehead atoms. The number of unbranched alkanes of at least 4 members (excludes halogenated alkanes) is 8. The Balaban J connectivity index is -0.0000000885. The van der Waals surface area contributed by atoms with Crippen molar-refractivity contribution in [3.8, 4) is 0 Å². The van der Waals surface area contributed by atoms with Crippen molar-refractivity contribution < 1.29 is 98.1 Å². The number of carboxylic acid groups (broad SMARTS) is 1. The monoisotopic (exact) mass is 503 g/mol. The molecular formula is C18H39N3Na2O8S. The third-order valence-corrected chi connectivity index (χ3v) is 4.74. The van der Waals surface area contributed by atoms with Gasteiger partial charge in [-0.1, -0.05) is 58.3 Å². The largest absolute Gasteiger partial charge is 1.00 e. The second kappa shape index (κ2) is 29.3. The smallest absolute Gasteiger partial charge is 1.00 e. The molecule has 11 nitrogen and oxygen atoms in total. The van der Waals surface area contributed by atoms with Gasteiger partial charge in [0.2, 0.25) is 11.8 Å². The Morgan fingerprint density at radius 3 is 1.50 bits per heavy atom. The standard InChI is InChI=1S/C12H25NO.C4H7NO6S.C2H7NO.2Na.H/c1-2-3-4-5-6-7-8-9-10-11-12(13)14;5-3(6)1-2(4(7)8)12(9,10)11;3-1-2-4;;;/h2-11H2,1H3,(H2,13,14);2H,1H2,(H2,5,6)(H,7,8)(H,9,10,11);4H,1-3H2;;;/q;;;2*+1;-1/p-1. The average Bonchev–Trinajstić information content (AvgIpc) is 2.64. The van der Waals surface area contributed by atoms with Gasteiger partial charge in [-0.05, 0) is 6.42 Å². The molecule has 0 saturated carbocycles. The minimum Gasteiger partial charge on any atom is -1.00 e. The van der Waals surface area contributed by atoms with E-state index in [1.54, 1.807) is 0 Å². The number of rotatable bonds is 15. The third-order valence-electron chi connectivity index (χ3n) is 3.66. The minimum absolute atomic E-state index is 0. The molecule has 2 amide bonds. The number of hydrogen-bond acceptors (Lipinski definition) is 8. The van der Waals surface area contributed by atoms with Crippen LogP contribution in [0.4, 0.5) is 0 Å². The Kier molecular flexibility index (Phi) is 38.8. The van der Waals surface area contributed by atoms with Gasteiger partial charge >= 0.3 is 59.1 Å². The molecule has 0 aliphatic rings. The van der Waals surface area contributed by atoms with Crippen LogP contribution in [0.2, 0.25) is 0 Å². The van der Waals surface area contributed by atoms with Gasteiger partial charge in [0.25, 0.3) is 10.1 Å². The zero-order valence-corrected chi connectivity index (χ0v) is 24.6. The SMILES string of the molecule is CCCCCCCCCCCC(N)=O.NC(=O)CC(C(=O)[O-])S(=O)(=O)O.NCCO.[H-].[Na+].[Na+]. The molecule has 32 heavy (non-hydrogen) atoms. The van der Waals surface area contributed by atoms with Crippen LogP contribution >= 0.6 is 0 Å². The summed E-state index contributed by atoms with van der Waals surface area (Å²) in [5, 5.41) is 15.5. The normalized spacial score (nSPS) is 10.6. The topological polar surface area (TPSA) is 227 Å². The van der Waals surface area contributed by atoms with E-state index in [1.165, 1.54) is 44.9 Å². The van der Waals surface area contributed by atoms with Crippen molar-refractivity contribution >= 4 is 27.9 Å². The van der Waals surface area contributed by atoms with Gasteiger partial charge in [-0.2, -0.15) is 8.42 Å². The van der Waals surface area contributed by atoms with Crippen molar-refractivity contribution in [2.75, 3.05) is 13.2 Å². The third kappa shape index (κ3) is 37.5. The first-order chi connectivity index (χ1) is 13.9. The number of carbonyl (C=O) groups excluding carboxylic acids is 3. The van der Waals surface area contributed by atoms with E-state index in [-0.39, 0.29) is 73.1 Å². The van der Waals surface area contributed by atoms with E-state index in [1.807, 2.05) is 0 Å². The molecule has 0 heterocycles. The average molecular weight is 504 g/mol. The number of hydrogen-bond donors (Lipinski definition) is 5. The van der Waals surface area contributed by atoms with Crippen LogP contribution in [0.5, 0.6) is 0 Å². The van der Waals surface area contributed by atoms with Crippen molar-refractivity contribution in [2.45, 2.75) is 82.8 Å². The van der Waals surface area contributed by atoms with Crippen LogP contribution in [0.1, 0.15) is 79.0 Å². The number of primary amides is 2. The summed E-state index contributed by atoms with van der Waals surface area (Å²) in [6.07, 6.45) is 11.1. The first-order valence-electron chi connectivity index (χ1n) is 9.98. The second-order valence-electron chi connectivity index (χ2n) is 6.55. The number of aliphatic hydroxyl groups is 1. The Bertz CT molecular complexity index is 571. The van der Waals surface area contributed by atoms with E-state index < -0.39 is 33.7 Å². The van der Waals surface area contributed by atoms with Gasteiger partial charge in [0, 0.05) is 13.0 Å². The fourth-order valence-electron chi connectivity index (χ4n) is 2.10. The van der Waals surface area contributed by atoms with Crippen molar-refractivity contribution in [3.63, 3.8) is 0 Å². The zero-order valence-electron chi connectivity index (χ0n) is 20.8. The zero-order chi connectivity index (χ0) is 24.0. The van der Waals surface area contributed by atoms with Crippen LogP contribution in [0.25, 0.3) is 0 Å². The fourth-order valence-corrected chi connectivity index (χ4v) is 2.72. The molecular weight excluding hydrogens is 464 g/mol. The maximum Gasteiger partial charge on any atom is 1.00 e. The van der Waals surface area contributed by atoms with E-state index in [2.05, 4.69) is 12.7 Å². The number of amides is 2. The van der Waals surface area contributed by atoms with Gasteiger partial charge in [0.05, 0.1) is 19.0 Å². The summed E-state index contributed by atoms with van der Waals surface area (Å²) in [6, 6.07) is 0. The van der Waals surface area contributed by atoms with Crippen molar-refractivity contribution in [3.05, 3.63) is 0 Å². The van der Waals surface area contributed by atoms with Gasteiger partial charge in [0.1, 0.15) is 5.25 Å². The first-order valence-corrected chi connectivity index (χ1v) is 11.5. The quantitative estimate of drug-likeness (QED) is 0.0811. The van der Waals surface area contributed by atoms with Gasteiger partial charge in [-0.3, -0.25) is 14.1 Å². The molecule has 0 spiro atoms. The molecule has 0 radical (unpaired) electrons. The number of aliphatic hydroxyl groups excluding tert-OH is 1. The van der Waals surface area contributed by atoms with E-state index in [4.69, 9.17) is 21.1 Å². The molecule has 0 aromatic heterocycles. The molecule has 0 aromatic carbocycles. The molecule has 1 atom stereocenters. The Labute approximate surface area is 237 Å². The first kappa shape index (κ1) is 42.4. The molecule has 0 rings (SSSR count). The molecule has 8 N–H and O–H groups in total.